The number of rotatable bonds is 7. The molecule has 0 aliphatic carbocycles. The van der Waals surface area contributed by atoms with E-state index in [1.807, 2.05) is 25.5 Å². The number of carbonyl (C=O) groups excluding carboxylic acids is 1. The summed E-state index contributed by atoms with van der Waals surface area (Å²) in [6.45, 7) is 5.77. The standard InChI is InChI=1S/C20H25N5O5S/c1-5-7-15-16-17(25(4)23-15)19(26)22-18(21-16)13-8-6-9-14(10-13)31(28,29)24-20(27)30-11-12(2)3/h6,8-10,12H,5,7,11H2,1-4H3,(H,24,27)(H,21,22,26). The molecule has 2 heterocycles. The van der Waals surface area contributed by atoms with Crippen molar-refractivity contribution in [2.24, 2.45) is 13.0 Å². The Kier molecular flexibility index (Phi) is 6.44. The Bertz CT molecular complexity index is 1280. The third-order valence-corrected chi connectivity index (χ3v) is 5.74. The number of aromatic amines is 1. The van der Waals surface area contributed by atoms with E-state index in [9.17, 15) is 18.0 Å². The third kappa shape index (κ3) is 4.93. The highest BCUT2D eigenvalue weighted by Crippen LogP contribution is 2.22. The second-order valence-electron chi connectivity index (χ2n) is 7.56. The maximum Gasteiger partial charge on any atom is 0.421 e. The zero-order chi connectivity index (χ0) is 22.8. The molecule has 0 saturated heterocycles. The van der Waals surface area contributed by atoms with Gasteiger partial charge in [-0.05, 0) is 24.5 Å². The smallest absolute Gasteiger partial charge is 0.421 e. The van der Waals surface area contributed by atoms with Crippen LogP contribution in [0.1, 0.15) is 32.9 Å². The Morgan fingerprint density at radius 1 is 1.32 bits per heavy atom. The van der Waals surface area contributed by atoms with Crippen molar-refractivity contribution >= 4 is 27.1 Å². The first-order valence-electron chi connectivity index (χ1n) is 9.88. The summed E-state index contributed by atoms with van der Waals surface area (Å²) in [5, 5.41) is 4.37. The lowest BCUT2D eigenvalue weighted by atomic mass is 10.2. The fourth-order valence-electron chi connectivity index (χ4n) is 3.04. The molecule has 1 aromatic carbocycles. The fraction of sp³-hybridized carbons (Fsp3) is 0.400. The summed E-state index contributed by atoms with van der Waals surface area (Å²) >= 11 is 0. The van der Waals surface area contributed by atoms with Crippen molar-refractivity contribution in [1.29, 1.82) is 0 Å². The summed E-state index contributed by atoms with van der Waals surface area (Å²) in [5.74, 6) is 0.280. The Morgan fingerprint density at radius 3 is 2.74 bits per heavy atom. The first kappa shape index (κ1) is 22.5. The molecule has 2 N–H and O–H groups in total. The van der Waals surface area contributed by atoms with Gasteiger partial charge in [0.2, 0.25) is 0 Å². The number of aryl methyl sites for hydroxylation is 2. The molecule has 3 aromatic rings. The van der Waals surface area contributed by atoms with E-state index >= 15 is 0 Å². The summed E-state index contributed by atoms with van der Waals surface area (Å²) in [5.41, 5.74) is 1.53. The second kappa shape index (κ2) is 8.88. The molecule has 0 spiro atoms. The summed E-state index contributed by atoms with van der Waals surface area (Å²) in [7, 11) is -2.49. The van der Waals surface area contributed by atoms with Crippen LogP contribution in [0, 0.1) is 5.92 Å². The molecule has 1 amide bonds. The highest BCUT2D eigenvalue weighted by molar-refractivity contribution is 7.90. The lowest BCUT2D eigenvalue weighted by Crippen LogP contribution is -2.32. The van der Waals surface area contributed by atoms with E-state index < -0.39 is 16.1 Å². The molecule has 11 heteroatoms. The average molecular weight is 448 g/mol. The van der Waals surface area contributed by atoms with Crippen LogP contribution in [-0.2, 0) is 28.2 Å². The molecule has 0 aliphatic heterocycles. The number of carbonyl (C=O) groups is 1. The van der Waals surface area contributed by atoms with Crippen molar-refractivity contribution in [3.63, 3.8) is 0 Å². The van der Waals surface area contributed by atoms with Crippen LogP contribution in [0.5, 0.6) is 0 Å². The number of ether oxygens (including phenoxy) is 1. The SMILES string of the molecule is CCCc1nn(C)c2c(=O)[nH]c(-c3cccc(S(=O)(=O)NC(=O)OCC(C)C)c3)nc12. The van der Waals surface area contributed by atoms with E-state index in [-0.39, 0.29) is 28.8 Å². The van der Waals surface area contributed by atoms with Crippen LogP contribution in [0.3, 0.4) is 0 Å². The zero-order valence-corrected chi connectivity index (χ0v) is 18.6. The van der Waals surface area contributed by atoms with E-state index in [2.05, 4.69) is 15.1 Å². The molecule has 0 fully saturated rings. The van der Waals surface area contributed by atoms with Crippen molar-refractivity contribution in [2.75, 3.05) is 6.61 Å². The monoisotopic (exact) mass is 447 g/mol. The van der Waals surface area contributed by atoms with Crippen LogP contribution in [0.4, 0.5) is 4.79 Å². The minimum Gasteiger partial charge on any atom is -0.449 e. The number of aromatic nitrogens is 4. The minimum atomic E-state index is -4.16. The van der Waals surface area contributed by atoms with Gasteiger partial charge in [-0.3, -0.25) is 9.48 Å². The Hall–Kier alpha value is -3.21. The van der Waals surface area contributed by atoms with E-state index in [0.717, 1.165) is 6.42 Å². The van der Waals surface area contributed by atoms with Gasteiger partial charge in [-0.2, -0.15) is 5.10 Å². The molecule has 0 atom stereocenters. The molecule has 3 rings (SSSR count). The van der Waals surface area contributed by atoms with Gasteiger partial charge in [0.15, 0.2) is 5.52 Å². The van der Waals surface area contributed by atoms with E-state index in [1.165, 1.54) is 22.9 Å². The van der Waals surface area contributed by atoms with Gasteiger partial charge in [0, 0.05) is 12.6 Å². The number of benzene rings is 1. The summed E-state index contributed by atoms with van der Waals surface area (Å²) in [6, 6.07) is 5.79. The predicted octanol–water partition coefficient (Wildman–Crippen LogP) is 2.35. The molecule has 0 bridgehead atoms. The van der Waals surface area contributed by atoms with Crippen LogP contribution in [0.2, 0.25) is 0 Å². The second-order valence-corrected chi connectivity index (χ2v) is 9.24. The molecule has 0 radical (unpaired) electrons. The molecule has 0 unspecified atom stereocenters. The fourth-order valence-corrected chi connectivity index (χ4v) is 3.98. The zero-order valence-electron chi connectivity index (χ0n) is 17.8. The van der Waals surface area contributed by atoms with Crippen molar-refractivity contribution in [3.8, 4) is 11.4 Å². The number of nitrogens with zero attached hydrogens (tertiary/aromatic N) is 3. The largest absolute Gasteiger partial charge is 0.449 e. The van der Waals surface area contributed by atoms with Crippen LogP contribution in [0.15, 0.2) is 34.0 Å². The van der Waals surface area contributed by atoms with Gasteiger partial charge in [0.25, 0.3) is 15.6 Å². The normalized spacial score (nSPS) is 11.8. The maximum atomic E-state index is 12.6. The molecular formula is C20H25N5O5S. The molecule has 31 heavy (non-hydrogen) atoms. The van der Waals surface area contributed by atoms with Crippen molar-refractivity contribution in [2.45, 2.75) is 38.5 Å². The number of sulfonamides is 1. The Labute approximate surface area is 179 Å². The lowest BCUT2D eigenvalue weighted by Gasteiger charge is -2.10. The third-order valence-electron chi connectivity index (χ3n) is 4.43. The van der Waals surface area contributed by atoms with Crippen molar-refractivity contribution < 1.29 is 17.9 Å². The molecule has 2 aromatic heterocycles. The van der Waals surface area contributed by atoms with Gasteiger partial charge in [-0.15, -0.1) is 0 Å². The van der Waals surface area contributed by atoms with Gasteiger partial charge in [0.05, 0.1) is 17.2 Å². The molecular weight excluding hydrogens is 422 g/mol. The number of hydrogen-bond acceptors (Lipinski definition) is 7. The van der Waals surface area contributed by atoms with Crippen LogP contribution in [0.25, 0.3) is 22.4 Å². The van der Waals surface area contributed by atoms with Crippen LogP contribution < -0.4 is 10.3 Å². The number of hydrogen-bond donors (Lipinski definition) is 2. The molecule has 0 saturated carbocycles. The molecule has 0 aliphatic rings. The van der Waals surface area contributed by atoms with Crippen LogP contribution >= 0.6 is 0 Å². The number of fused-ring (bicyclic) bond motifs is 1. The maximum absolute atomic E-state index is 12.6. The number of H-pyrrole nitrogens is 1. The highest BCUT2D eigenvalue weighted by atomic mass is 32.2. The number of nitrogens with one attached hydrogen (secondary N) is 2. The van der Waals surface area contributed by atoms with E-state index in [1.54, 1.807) is 13.1 Å². The summed E-state index contributed by atoms with van der Waals surface area (Å²) in [6.07, 6.45) is 0.443. The first-order chi connectivity index (χ1) is 14.6. The van der Waals surface area contributed by atoms with Crippen molar-refractivity contribution in [1.82, 2.24) is 24.5 Å². The first-order valence-corrected chi connectivity index (χ1v) is 11.4. The molecule has 10 nitrogen and oxygen atoms in total. The quantitative estimate of drug-likeness (QED) is 0.567. The van der Waals surface area contributed by atoms with E-state index in [4.69, 9.17) is 4.74 Å². The molecule has 166 valence electrons. The topological polar surface area (TPSA) is 136 Å². The lowest BCUT2D eigenvalue weighted by molar-refractivity contribution is 0.139. The van der Waals surface area contributed by atoms with Gasteiger partial charge < -0.3 is 9.72 Å². The number of amides is 1. The highest BCUT2D eigenvalue weighted by Gasteiger charge is 2.21. The van der Waals surface area contributed by atoms with Gasteiger partial charge in [0.1, 0.15) is 11.3 Å². The summed E-state index contributed by atoms with van der Waals surface area (Å²) in [4.78, 5) is 31.5. The van der Waals surface area contributed by atoms with Gasteiger partial charge >= 0.3 is 6.09 Å². The Balaban J connectivity index is 1.98. The van der Waals surface area contributed by atoms with Gasteiger partial charge in [-0.25, -0.2) is 22.9 Å². The van der Waals surface area contributed by atoms with E-state index in [0.29, 0.717) is 28.7 Å². The summed E-state index contributed by atoms with van der Waals surface area (Å²) < 4.78 is 33.4. The Morgan fingerprint density at radius 2 is 2.06 bits per heavy atom. The minimum absolute atomic E-state index is 0.0691. The van der Waals surface area contributed by atoms with Crippen molar-refractivity contribution in [3.05, 3.63) is 40.3 Å². The predicted molar refractivity (Wildman–Crippen MR) is 115 cm³/mol. The van der Waals surface area contributed by atoms with Gasteiger partial charge in [-0.1, -0.05) is 39.3 Å². The average Bonchev–Trinajstić information content (AvgIpc) is 3.02. The van der Waals surface area contributed by atoms with Crippen LogP contribution in [-0.4, -0.2) is 40.9 Å².